The highest BCUT2D eigenvalue weighted by Gasteiger charge is 2.01. The fourth-order valence-corrected chi connectivity index (χ4v) is 0.678. The van der Waals surface area contributed by atoms with Crippen LogP contribution in [0.1, 0.15) is 6.92 Å². The van der Waals surface area contributed by atoms with Gasteiger partial charge in [-0.2, -0.15) is 0 Å². The van der Waals surface area contributed by atoms with E-state index in [1.807, 2.05) is 0 Å². The quantitative estimate of drug-likeness (QED) is 0.402. The SMILES string of the molecule is C=C(C)C(=O)[Si]O[Si]. The molecule has 0 aromatic rings. The Morgan fingerprint density at radius 1 is 1.88 bits per heavy atom. The first-order valence-corrected chi connectivity index (χ1v) is 3.28. The van der Waals surface area contributed by atoms with Crippen molar-refractivity contribution in [2.45, 2.75) is 6.92 Å². The minimum Gasteiger partial charge on any atom is -0.452 e. The van der Waals surface area contributed by atoms with Crippen molar-refractivity contribution in [3.63, 3.8) is 0 Å². The summed E-state index contributed by atoms with van der Waals surface area (Å²) in [5, 5.41) is -0.0556. The summed E-state index contributed by atoms with van der Waals surface area (Å²) in [6, 6.07) is 0. The van der Waals surface area contributed by atoms with Gasteiger partial charge in [-0.1, -0.05) is 6.58 Å². The molecule has 0 aromatic heterocycles. The molecule has 0 N–H and O–H groups in total. The molecule has 41 valence electrons. The summed E-state index contributed by atoms with van der Waals surface area (Å²) in [5.74, 6) is 0. The normalized spacial score (nSPS) is 8.75. The van der Waals surface area contributed by atoms with E-state index < -0.39 is 0 Å². The van der Waals surface area contributed by atoms with Crippen LogP contribution < -0.4 is 0 Å². The Kier molecular flexibility index (Phi) is 3.67. The smallest absolute Gasteiger partial charge is 0.310 e. The second-order valence-corrected chi connectivity index (χ2v) is 2.79. The van der Waals surface area contributed by atoms with Crippen LogP contribution in [0, 0.1) is 0 Å². The molecule has 0 aromatic carbocycles. The zero-order valence-electron chi connectivity index (χ0n) is 4.52. The standard InChI is InChI=1S/C4H5O2Si2/c1-3(2)4(5)8-6-7/h1H2,2H3. The van der Waals surface area contributed by atoms with Gasteiger partial charge in [-0.25, -0.2) is 0 Å². The summed E-state index contributed by atoms with van der Waals surface area (Å²) in [6.07, 6.45) is 0. The summed E-state index contributed by atoms with van der Waals surface area (Å²) in [6.45, 7) is 5.08. The number of hydrogen-bond donors (Lipinski definition) is 0. The van der Waals surface area contributed by atoms with E-state index in [9.17, 15) is 4.79 Å². The molecule has 0 saturated heterocycles. The van der Waals surface area contributed by atoms with E-state index >= 15 is 0 Å². The highest BCUT2D eigenvalue weighted by molar-refractivity contribution is 6.74. The summed E-state index contributed by atoms with van der Waals surface area (Å²) >= 11 is 0. The van der Waals surface area contributed by atoms with Gasteiger partial charge in [-0.15, -0.1) is 0 Å². The van der Waals surface area contributed by atoms with Crippen molar-refractivity contribution in [1.29, 1.82) is 0 Å². The highest BCUT2D eigenvalue weighted by atomic mass is 28.3. The van der Waals surface area contributed by atoms with Crippen molar-refractivity contribution in [3.05, 3.63) is 12.2 Å². The van der Waals surface area contributed by atoms with E-state index in [0.717, 1.165) is 0 Å². The molecule has 0 aliphatic heterocycles. The van der Waals surface area contributed by atoms with E-state index in [0.29, 0.717) is 5.57 Å². The number of hydrogen-bond acceptors (Lipinski definition) is 2. The Labute approximate surface area is 54.4 Å². The molecule has 0 rings (SSSR count). The second kappa shape index (κ2) is 3.76. The molecule has 0 saturated carbocycles. The van der Waals surface area contributed by atoms with Gasteiger partial charge in [0.2, 0.25) is 10.5 Å². The van der Waals surface area contributed by atoms with Crippen molar-refractivity contribution < 1.29 is 8.91 Å². The van der Waals surface area contributed by atoms with Gasteiger partial charge in [0, 0.05) is 0 Å². The first-order valence-electron chi connectivity index (χ1n) is 1.97. The molecular formula is C4H5O2Si2. The molecule has 0 amide bonds. The summed E-state index contributed by atoms with van der Waals surface area (Å²) in [7, 11) is 2.56. The third kappa shape index (κ3) is 2.89. The van der Waals surface area contributed by atoms with Crippen molar-refractivity contribution >= 4 is 25.7 Å². The zero-order chi connectivity index (χ0) is 6.57. The molecular weight excluding hydrogens is 136 g/mol. The van der Waals surface area contributed by atoms with Gasteiger partial charge < -0.3 is 4.12 Å². The van der Waals surface area contributed by atoms with E-state index in [1.165, 1.54) is 0 Å². The fraction of sp³-hybridized carbons (Fsp3) is 0.250. The molecule has 2 nitrogen and oxygen atoms in total. The Hall–Kier alpha value is -0.196. The molecule has 0 bridgehead atoms. The number of allylic oxidation sites excluding steroid dienone is 1. The van der Waals surface area contributed by atoms with Crippen LogP contribution in [0.25, 0.3) is 0 Å². The molecule has 0 heterocycles. The average molecular weight is 141 g/mol. The highest BCUT2D eigenvalue weighted by Crippen LogP contribution is 1.85. The predicted octanol–water partition coefficient (Wildman–Crippen LogP) is -0.192. The van der Waals surface area contributed by atoms with Gasteiger partial charge in [0.15, 0.2) is 5.41 Å². The third-order valence-electron chi connectivity index (χ3n) is 0.531. The monoisotopic (exact) mass is 141 g/mol. The van der Waals surface area contributed by atoms with E-state index in [4.69, 9.17) is 0 Å². The van der Waals surface area contributed by atoms with Gasteiger partial charge in [-0.05, 0) is 12.5 Å². The lowest BCUT2D eigenvalue weighted by Gasteiger charge is -1.90. The molecule has 0 fully saturated rings. The minimum atomic E-state index is -0.156. The first-order chi connectivity index (χ1) is 3.68. The molecule has 4 heteroatoms. The van der Waals surface area contributed by atoms with E-state index in [-0.39, 0.29) is 15.2 Å². The molecule has 5 radical (unpaired) electrons. The van der Waals surface area contributed by atoms with Crippen molar-refractivity contribution in [1.82, 2.24) is 0 Å². The molecule has 0 atom stereocenters. The molecule has 8 heavy (non-hydrogen) atoms. The van der Waals surface area contributed by atoms with E-state index in [2.05, 4.69) is 21.2 Å². The topological polar surface area (TPSA) is 26.3 Å². The Balaban J connectivity index is 3.49. The maximum atomic E-state index is 10.5. The zero-order valence-corrected chi connectivity index (χ0v) is 6.52. The summed E-state index contributed by atoms with van der Waals surface area (Å²) < 4.78 is 4.39. The van der Waals surface area contributed by atoms with Gasteiger partial charge in [0.1, 0.15) is 0 Å². The van der Waals surface area contributed by atoms with Crippen LogP contribution in [0.3, 0.4) is 0 Å². The fourth-order valence-electron chi connectivity index (χ4n) is 0.133. The lowest BCUT2D eigenvalue weighted by Crippen LogP contribution is -2.11. The third-order valence-corrected chi connectivity index (χ3v) is 1.55. The molecule has 0 aliphatic carbocycles. The van der Waals surface area contributed by atoms with Crippen LogP contribution in [0.5, 0.6) is 0 Å². The van der Waals surface area contributed by atoms with E-state index in [1.54, 1.807) is 6.92 Å². The minimum absolute atomic E-state index is 0.0556. The first kappa shape index (κ1) is 7.80. The maximum Gasteiger partial charge on any atom is 0.310 e. The van der Waals surface area contributed by atoms with Crippen LogP contribution in [-0.4, -0.2) is 25.7 Å². The number of rotatable bonds is 3. The van der Waals surface area contributed by atoms with Gasteiger partial charge in [-0.3, -0.25) is 4.79 Å². The van der Waals surface area contributed by atoms with Crippen LogP contribution in [0.4, 0.5) is 0 Å². The van der Waals surface area contributed by atoms with Crippen LogP contribution in [0.15, 0.2) is 12.2 Å². The predicted molar refractivity (Wildman–Crippen MR) is 32.4 cm³/mol. The molecule has 0 unspecified atom stereocenters. The Morgan fingerprint density at radius 2 is 2.38 bits per heavy atom. The average Bonchev–Trinajstić information content (AvgIpc) is 1.67. The summed E-state index contributed by atoms with van der Waals surface area (Å²) in [4.78, 5) is 10.5. The Morgan fingerprint density at radius 3 is 2.50 bits per heavy atom. The van der Waals surface area contributed by atoms with Crippen LogP contribution in [-0.2, 0) is 8.91 Å². The Bertz CT molecular complexity index is 111. The number of carbonyl (C=O) groups excluding carboxylic acids is 1. The lowest BCUT2D eigenvalue weighted by molar-refractivity contribution is -0.109. The largest absolute Gasteiger partial charge is 0.452 e. The summed E-state index contributed by atoms with van der Waals surface area (Å²) in [5.41, 5.74) is 0.529. The van der Waals surface area contributed by atoms with Crippen molar-refractivity contribution in [3.8, 4) is 0 Å². The van der Waals surface area contributed by atoms with Gasteiger partial charge in [0.25, 0.3) is 0 Å². The second-order valence-electron chi connectivity index (χ2n) is 1.31. The van der Waals surface area contributed by atoms with Gasteiger partial charge in [0.05, 0.1) is 0 Å². The maximum absolute atomic E-state index is 10.5. The molecule has 0 spiro atoms. The lowest BCUT2D eigenvalue weighted by atomic mass is 10.4. The van der Waals surface area contributed by atoms with Gasteiger partial charge >= 0.3 is 9.76 Å². The van der Waals surface area contributed by atoms with Crippen molar-refractivity contribution in [2.75, 3.05) is 0 Å². The van der Waals surface area contributed by atoms with Crippen LogP contribution >= 0.6 is 0 Å². The number of carbonyl (C=O) groups is 1. The molecule has 0 aliphatic rings. The van der Waals surface area contributed by atoms with Crippen LogP contribution in [0.2, 0.25) is 0 Å². The van der Waals surface area contributed by atoms with Crippen molar-refractivity contribution in [2.24, 2.45) is 0 Å².